The minimum absolute atomic E-state index is 0.280. The Kier molecular flexibility index (Phi) is 4.73. The number of hydrazine groups is 1. The van der Waals surface area contributed by atoms with Crippen molar-refractivity contribution in [2.45, 2.75) is 6.61 Å². The van der Waals surface area contributed by atoms with E-state index in [1.165, 1.54) is 17.4 Å². The lowest BCUT2D eigenvalue weighted by atomic mass is 10.2. The number of hydrogen-bond donors (Lipinski definition) is 2. The van der Waals surface area contributed by atoms with Crippen LogP contribution in [-0.4, -0.2) is 12.2 Å². The predicted molar refractivity (Wildman–Crippen MR) is 77.1 cm³/mol. The lowest BCUT2D eigenvalue weighted by Crippen LogP contribution is -2.29. The van der Waals surface area contributed by atoms with Crippen LogP contribution in [-0.2, 0) is 6.61 Å². The molecule has 0 saturated carbocycles. The van der Waals surface area contributed by atoms with E-state index in [2.05, 4.69) is 5.43 Å². The summed E-state index contributed by atoms with van der Waals surface area (Å²) in [6.07, 6.45) is 0.715. The van der Waals surface area contributed by atoms with Gasteiger partial charge in [0, 0.05) is 10.4 Å². The second kappa shape index (κ2) is 6.51. The highest BCUT2D eigenvalue weighted by molar-refractivity contribution is 7.14. The van der Waals surface area contributed by atoms with Gasteiger partial charge >= 0.3 is 0 Å². The van der Waals surface area contributed by atoms with E-state index in [1.807, 2.05) is 0 Å². The van der Waals surface area contributed by atoms with Crippen molar-refractivity contribution in [3.63, 3.8) is 0 Å². The second-order valence-electron chi connectivity index (χ2n) is 3.84. The number of nitrogen functional groups attached to an aromatic ring is 1. The summed E-state index contributed by atoms with van der Waals surface area (Å²) in [4.78, 5) is 23.3. The fourth-order valence-corrected chi connectivity index (χ4v) is 2.57. The third kappa shape index (κ3) is 3.36. The van der Waals surface area contributed by atoms with Gasteiger partial charge in [-0.15, -0.1) is 11.3 Å². The SMILES string of the molecule is NNC(=O)c1ccc(COc2ccc(C=O)cc2Cl)s1. The molecule has 1 aromatic carbocycles. The number of nitrogens with one attached hydrogen (secondary N) is 1. The maximum absolute atomic E-state index is 11.3. The van der Waals surface area contributed by atoms with Gasteiger partial charge in [0.15, 0.2) is 0 Å². The summed E-state index contributed by atoms with van der Waals surface area (Å²) in [7, 11) is 0. The molecule has 5 nitrogen and oxygen atoms in total. The lowest BCUT2D eigenvalue weighted by molar-refractivity contribution is 0.0957. The third-order valence-corrected chi connectivity index (χ3v) is 3.83. The highest BCUT2D eigenvalue weighted by atomic mass is 35.5. The smallest absolute Gasteiger partial charge is 0.275 e. The summed E-state index contributed by atoms with van der Waals surface area (Å²) in [6, 6.07) is 8.24. The van der Waals surface area contributed by atoms with Gasteiger partial charge in [-0.3, -0.25) is 15.0 Å². The molecule has 2 aromatic rings. The Morgan fingerprint density at radius 1 is 1.40 bits per heavy atom. The number of carbonyl (C=O) groups is 2. The van der Waals surface area contributed by atoms with E-state index in [0.717, 1.165) is 4.88 Å². The summed E-state index contributed by atoms with van der Waals surface area (Å²) in [5.74, 6) is 5.20. The zero-order valence-electron chi connectivity index (χ0n) is 10.3. The monoisotopic (exact) mass is 310 g/mol. The van der Waals surface area contributed by atoms with Gasteiger partial charge in [0.25, 0.3) is 5.91 Å². The molecule has 0 aliphatic carbocycles. The molecule has 1 heterocycles. The van der Waals surface area contributed by atoms with E-state index in [4.69, 9.17) is 22.2 Å². The maximum Gasteiger partial charge on any atom is 0.275 e. The van der Waals surface area contributed by atoms with Crippen molar-refractivity contribution in [2.24, 2.45) is 5.84 Å². The Bertz CT molecular complexity index is 642. The second-order valence-corrected chi connectivity index (χ2v) is 5.41. The van der Waals surface area contributed by atoms with Crippen LogP contribution in [0.25, 0.3) is 0 Å². The Labute approximate surface area is 124 Å². The molecule has 7 heteroatoms. The van der Waals surface area contributed by atoms with E-state index < -0.39 is 0 Å². The summed E-state index contributed by atoms with van der Waals surface area (Å²) < 4.78 is 5.55. The van der Waals surface area contributed by atoms with Crippen LogP contribution in [0, 0.1) is 0 Å². The van der Waals surface area contributed by atoms with E-state index >= 15 is 0 Å². The van der Waals surface area contributed by atoms with Crippen LogP contribution < -0.4 is 16.0 Å². The van der Waals surface area contributed by atoms with Crippen LogP contribution in [0.15, 0.2) is 30.3 Å². The Morgan fingerprint density at radius 2 is 2.20 bits per heavy atom. The van der Waals surface area contributed by atoms with Crippen LogP contribution >= 0.6 is 22.9 Å². The molecule has 2 rings (SSSR count). The molecule has 3 N–H and O–H groups in total. The van der Waals surface area contributed by atoms with Gasteiger partial charge < -0.3 is 4.74 Å². The van der Waals surface area contributed by atoms with E-state index in [9.17, 15) is 9.59 Å². The van der Waals surface area contributed by atoms with Gasteiger partial charge in [-0.05, 0) is 30.3 Å². The van der Waals surface area contributed by atoms with Gasteiger partial charge in [0.2, 0.25) is 0 Å². The average Bonchev–Trinajstić information content (AvgIpc) is 2.94. The molecule has 20 heavy (non-hydrogen) atoms. The zero-order chi connectivity index (χ0) is 14.5. The molecule has 104 valence electrons. The van der Waals surface area contributed by atoms with Crippen molar-refractivity contribution in [1.82, 2.24) is 5.43 Å². The van der Waals surface area contributed by atoms with Gasteiger partial charge in [-0.25, -0.2) is 5.84 Å². The van der Waals surface area contributed by atoms with Gasteiger partial charge in [-0.2, -0.15) is 0 Å². The summed E-state index contributed by atoms with van der Waals surface area (Å²) >= 11 is 7.27. The quantitative estimate of drug-likeness (QED) is 0.384. The number of benzene rings is 1. The molecule has 0 spiro atoms. The van der Waals surface area contributed by atoms with Crippen LogP contribution in [0.5, 0.6) is 5.75 Å². The lowest BCUT2D eigenvalue weighted by Gasteiger charge is -2.06. The Morgan fingerprint density at radius 3 is 2.85 bits per heavy atom. The number of nitrogens with two attached hydrogens (primary N) is 1. The first-order chi connectivity index (χ1) is 9.63. The molecule has 1 amide bonds. The molecule has 0 unspecified atom stereocenters. The molecule has 0 aliphatic rings. The van der Waals surface area contributed by atoms with Gasteiger partial charge in [0.1, 0.15) is 18.6 Å². The number of carbonyl (C=O) groups excluding carboxylic acids is 2. The molecule has 1 aromatic heterocycles. The highest BCUT2D eigenvalue weighted by Gasteiger charge is 2.09. The summed E-state index contributed by atoms with van der Waals surface area (Å²) in [6.45, 7) is 0.280. The average molecular weight is 311 g/mol. The van der Waals surface area contributed by atoms with Crippen molar-refractivity contribution >= 4 is 35.1 Å². The first-order valence-corrected chi connectivity index (χ1v) is 6.80. The van der Waals surface area contributed by atoms with Crippen LogP contribution in [0.4, 0.5) is 0 Å². The molecular formula is C13H11ClN2O3S. The standard InChI is InChI=1S/C13H11ClN2O3S/c14-10-5-8(6-17)1-3-11(10)19-7-9-2-4-12(20-9)13(18)16-15/h1-6H,7,15H2,(H,16,18). The first-order valence-electron chi connectivity index (χ1n) is 5.61. The van der Waals surface area contributed by atoms with Gasteiger partial charge in [0.05, 0.1) is 9.90 Å². The van der Waals surface area contributed by atoms with Crippen molar-refractivity contribution in [2.75, 3.05) is 0 Å². The highest BCUT2D eigenvalue weighted by Crippen LogP contribution is 2.27. The fourth-order valence-electron chi connectivity index (χ4n) is 1.50. The first kappa shape index (κ1) is 14.5. The largest absolute Gasteiger partial charge is 0.487 e. The van der Waals surface area contributed by atoms with E-state index in [0.29, 0.717) is 27.5 Å². The topological polar surface area (TPSA) is 81.4 Å². The third-order valence-electron chi connectivity index (χ3n) is 2.48. The molecule has 0 radical (unpaired) electrons. The Balaban J connectivity index is 2.03. The summed E-state index contributed by atoms with van der Waals surface area (Å²) in [5.41, 5.74) is 2.55. The number of ether oxygens (including phenoxy) is 1. The minimum atomic E-state index is -0.338. The predicted octanol–water partition coefficient (Wildman–Crippen LogP) is 2.40. The molecule has 0 aliphatic heterocycles. The molecule has 0 saturated heterocycles. The molecule has 0 bridgehead atoms. The molecule has 0 atom stereocenters. The minimum Gasteiger partial charge on any atom is -0.487 e. The van der Waals surface area contributed by atoms with Crippen LogP contribution in [0.2, 0.25) is 5.02 Å². The molecule has 0 fully saturated rings. The number of hydrogen-bond acceptors (Lipinski definition) is 5. The van der Waals surface area contributed by atoms with Crippen LogP contribution in [0.1, 0.15) is 24.9 Å². The fraction of sp³-hybridized carbons (Fsp3) is 0.0769. The maximum atomic E-state index is 11.3. The van der Waals surface area contributed by atoms with Crippen LogP contribution in [0.3, 0.4) is 0 Å². The number of rotatable bonds is 5. The van der Waals surface area contributed by atoms with Crippen molar-refractivity contribution in [3.05, 3.63) is 50.7 Å². The van der Waals surface area contributed by atoms with E-state index in [1.54, 1.807) is 24.3 Å². The van der Waals surface area contributed by atoms with Gasteiger partial charge in [-0.1, -0.05) is 11.6 Å². The number of halogens is 1. The number of aldehydes is 1. The number of amides is 1. The van der Waals surface area contributed by atoms with Crippen molar-refractivity contribution in [1.29, 1.82) is 0 Å². The van der Waals surface area contributed by atoms with E-state index in [-0.39, 0.29) is 12.5 Å². The zero-order valence-corrected chi connectivity index (χ0v) is 11.8. The number of thiophene rings is 1. The van der Waals surface area contributed by atoms with Crippen molar-refractivity contribution in [3.8, 4) is 5.75 Å². The summed E-state index contributed by atoms with van der Waals surface area (Å²) in [5, 5.41) is 0.367. The Hall–Kier alpha value is -1.89. The molecular weight excluding hydrogens is 300 g/mol. The normalized spacial score (nSPS) is 10.1. The van der Waals surface area contributed by atoms with Crippen molar-refractivity contribution < 1.29 is 14.3 Å².